The molecule has 2 heterocycles. The minimum Gasteiger partial charge on any atom is -0.343 e. The van der Waals surface area contributed by atoms with E-state index in [1.54, 1.807) is 9.80 Å². The Kier molecular flexibility index (Phi) is 6.18. The van der Waals surface area contributed by atoms with Crippen molar-refractivity contribution in [3.8, 4) is 0 Å². The Bertz CT molecular complexity index is 903. The molecular weight excluding hydrogens is 400 g/mol. The zero-order valence-corrected chi connectivity index (χ0v) is 17.0. The van der Waals surface area contributed by atoms with E-state index in [0.717, 1.165) is 0 Å². The summed E-state index contributed by atoms with van der Waals surface area (Å²) in [5.41, 5.74) is -0.455. The summed E-state index contributed by atoms with van der Waals surface area (Å²) in [6, 6.07) is 5.27. The van der Waals surface area contributed by atoms with Crippen LogP contribution in [0.4, 0.5) is 5.69 Å². The van der Waals surface area contributed by atoms with Crippen LogP contribution in [0.3, 0.4) is 0 Å². The number of rotatable bonds is 4. The second kappa shape index (κ2) is 8.46. The number of likely N-dealkylation sites (tertiary alicyclic amines) is 1. The van der Waals surface area contributed by atoms with Crippen molar-refractivity contribution in [2.24, 2.45) is 5.92 Å². The fraction of sp³-hybridized carbons (Fsp3) is 0.556. The molecule has 11 heteroatoms. The number of hydrogen-bond acceptors (Lipinski definition) is 6. The molecule has 3 rings (SSSR count). The van der Waals surface area contributed by atoms with Gasteiger partial charge in [0.05, 0.1) is 4.92 Å². The van der Waals surface area contributed by atoms with E-state index < -0.39 is 20.6 Å². The van der Waals surface area contributed by atoms with Crippen LogP contribution in [0.25, 0.3) is 0 Å². The van der Waals surface area contributed by atoms with Crippen molar-refractivity contribution in [3.05, 3.63) is 34.4 Å². The summed E-state index contributed by atoms with van der Waals surface area (Å²) in [4.78, 5) is 37.7. The molecule has 158 valence electrons. The molecule has 1 aromatic rings. The number of para-hydroxylation sites is 1. The molecule has 2 saturated heterocycles. The molecule has 0 unspecified atom stereocenters. The lowest BCUT2D eigenvalue weighted by Crippen LogP contribution is -2.53. The maximum Gasteiger partial charge on any atom is 0.289 e. The number of nitrogens with zero attached hydrogens (tertiary/aromatic N) is 4. The number of benzene rings is 1. The van der Waals surface area contributed by atoms with E-state index in [1.807, 2.05) is 0 Å². The number of piperidine rings is 1. The van der Waals surface area contributed by atoms with Crippen molar-refractivity contribution in [1.29, 1.82) is 0 Å². The monoisotopic (exact) mass is 424 g/mol. The third-order valence-corrected chi connectivity index (χ3v) is 7.47. The minimum atomic E-state index is -4.02. The lowest BCUT2D eigenvalue weighted by molar-refractivity contribution is -0.387. The lowest BCUT2D eigenvalue weighted by atomic mass is 9.95. The minimum absolute atomic E-state index is 0.00438. The van der Waals surface area contributed by atoms with Gasteiger partial charge in [-0.2, -0.15) is 4.31 Å². The van der Waals surface area contributed by atoms with Gasteiger partial charge in [-0.3, -0.25) is 19.7 Å². The summed E-state index contributed by atoms with van der Waals surface area (Å²) in [6.07, 6.45) is 1.21. The summed E-state index contributed by atoms with van der Waals surface area (Å²) in [6.45, 7) is 3.28. The van der Waals surface area contributed by atoms with Gasteiger partial charge in [0.2, 0.25) is 21.8 Å². The van der Waals surface area contributed by atoms with Crippen molar-refractivity contribution >= 4 is 27.5 Å². The van der Waals surface area contributed by atoms with E-state index in [0.29, 0.717) is 25.9 Å². The Labute approximate surface area is 169 Å². The highest BCUT2D eigenvalue weighted by atomic mass is 32.2. The van der Waals surface area contributed by atoms with Gasteiger partial charge in [0, 0.05) is 58.2 Å². The first-order valence-corrected chi connectivity index (χ1v) is 10.9. The molecule has 0 bridgehead atoms. The summed E-state index contributed by atoms with van der Waals surface area (Å²) in [7, 11) is -4.02. The molecule has 0 radical (unpaired) electrons. The van der Waals surface area contributed by atoms with Gasteiger partial charge >= 0.3 is 0 Å². The van der Waals surface area contributed by atoms with E-state index in [4.69, 9.17) is 0 Å². The number of sulfonamides is 1. The number of nitro groups is 1. The first-order valence-electron chi connectivity index (χ1n) is 9.49. The number of amides is 2. The van der Waals surface area contributed by atoms with E-state index in [1.165, 1.54) is 35.5 Å². The quantitative estimate of drug-likeness (QED) is 0.518. The average Bonchev–Trinajstić information content (AvgIpc) is 2.73. The molecule has 0 aliphatic carbocycles. The molecule has 2 fully saturated rings. The van der Waals surface area contributed by atoms with Crippen molar-refractivity contribution in [3.63, 3.8) is 0 Å². The Morgan fingerprint density at radius 1 is 1.00 bits per heavy atom. The van der Waals surface area contributed by atoms with Crippen molar-refractivity contribution in [2.75, 3.05) is 39.3 Å². The van der Waals surface area contributed by atoms with Crippen LogP contribution in [0.2, 0.25) is 0 Å². The van der Waals surface area contributed by atoms with Crippen LogP contribution in [0.5, 0.6) is 0 Å². The molecular formula is C18H24N4O6S. The van der Waals surface area contributed by atoms with Crippen LogP contribution >= 0.6 is 0 Å². The van der Waals surface area contributed by atoms with Gasteiger partial charge in [0.25, 0.3) is 5.69 Å². The molecule has 0 N–H and O–H groups in total. The van der Waals surface area contributed by atoms with E-state index >= 15 is 0 Å². The number of hydrogen-bond donors (Lipinski definition) is 0. The summed E-state index contributed by atoms with van der Waals surface area (Å²) < 4.78 is 26.9. The molecule has 2 aliphatic rings. The van der Waals surface area contributed by atoms with Crippen LogP contribution in [0, 0.1) is 16.0 Å². The zero-order valence-electron chi connectivity index (χ0n) is 16.2. The number of nitro benzene ring substituents is 1. The fourth-order valence-corrected chi connectivity index (χ4v) is 5.39. The van der Waals surface area contributed by atoms with Crippen molar-refractivity contribution in [1.82, 2.24) is 14.1 Å². The largest absolute Gasteiger partial charge is 0.343 e. The first kappa shape index (κ1) is 21.2. The average molecular weight is 424 g/mol. The predicted molar refractivity (Wildman–Crippen MR) is 103 cm³/mol. The van der Waals surface area contributed by atoms with Crippen LogP contribution in [0.1, 0.15) is 19.8 Å². The molecule has 0 spiro atoms. The van der Waals surface area contributed by atoms with Gasteiger partial charge in [-0.25, -0.2) is 8.42 Å². The van der Waals surface area contributed by atoms with Gasteiger partial charge in [-0.1, -0.05) is 12.1 Å². The second-order valence-electron chi connectivity index (χ2n) is 7.23. The first-order chi connectivity index (χ1) is 13.7. The van der Waals surface area contributed by atoms with Crippen LogP contribution in [-0.2, 0) is 19.6 Å². The van der Waals surface area contributed by atoms with Gasteiger partial charge in [-0.15, -0.1) is 0 Å². The van der Waals surface area contributed by atoms with Crippen LogP contribution in [-0.4, -0.2) is 78.5 Å². The predicted octanol–water partition coefficient (Wildman–Crippen LogP) is 0.686. The van der Waals surface area contributed by atoms with Gasteiger partial charge < -0.3 is 9.80 Å². The fourth-order valence-electron chi connectivity index (χ4n) is 3.81. The Hall–Kier alpha value is -2.53. The van der Waals surface area contributed by atoms with Crippen LogP contribution < -0.4 is 0 Å². The molecule has 0 atom stereocenters. The number of carbonyl (C=O) groups is 2. The van der Waals surface area contributed by atoms with E-state index in [9.17, 15) is 28.1 Å². The molecule has 10 nitrogen and oxygen atoms in total. The van der Waals surface area contributed by atoms with Gasteiger partial charge in [-0.05, 0) is 18.9 Å². The van der Waals surface area contributed by atoms with Crippen molar-refractivity contribution in [2.45, 2.75) is 24.7 Å². The third kappa shape index (κ3) is 4.40. The molecule has 2 amide bonds. The Morgan fingerprint density at radius 2 is 1.59 bits per heavy atom. The SMILES string of the molecule is CC(=O)N1CCC(C(=O)N2CCN(S(=O)(=O)c3ccccc3[N+](=O)[O-])CC2)CC1. The normalized spacial score (nSPS) is 19.2. The molecule has 0 saturated carbocycles. The zero-order chi connectivity index (χ0) is 21.2. The maximum absolute atomic E-state index is 12.9. The Balaban J connectivity index is 1.63. The summed E-state index contributed by atoms with van der Waals surface area (Å²) in [5.74, 6) is -0.176. The van der Waals surface area contributed by atoms with Gasteiger partial charge in [0.1, 0.15) is 0 Å². The maximum atomic E-state index is 12.9. The highest BCUT2D eigenvalue weighted by Gasteiger charge is 2.36. The van der Waals surface area contributed by atoms with E-state index in [-0.39, 0.29) is 48.8 Å². The van der Waals surface area contributed by atoms with E-state index in [2.05, 4.69) is 0 Å². The smallest absolute Gasteiger partial charge is 0.289 e. The number of carbonyl (C=O) groups excluding carboxylic acids is 2. The highest BCUT2D eigenvalue weighted by molar-refractivity contribution is 7.89. The summed E-state index contributed by atoms with van der Waals surface area (Å²) >= 11 is 0. The van der Waals surface area contributed by atoms with Crippen molar-refractivity contribution < 1.29 is 22.9 Å². The number of piperazine rings is 1. The molecule has 0 aromatic heterocycles. The Morgan fingerprint density at radius 3 is 2.14 bits per heavy atom. The molecule has 1 aromatic carbocycles. The van der Waals surface area contributed by atoms with Gasteiger partial charge in [0.15, 0.2) is 4.90 Å². The lowest BCUT2D eigenvalue weighted by Gasteiger charge is -2.38. The van der Waals surface area contributed by atoms with Crippen LogP contribution in [0.15, 0.2) is 29.2 Å². The standard InChI is InChI=1S/C18H24N4O6S/c1-14(23)19-8-6-15(7-9-19)18(24)20-10-12-21(13-11-20)29(27,28)17-5-3-2-4-16(17)22(25)26/h2-5,15H,6-13H2,1H3. The molecule has 2 aliphatic heterocycles. The second-order valence-corrected chi connectivity index (χ2v) is 9.14. The third-order valence-electron chi connectivity index (χ3n) is 5.52. The summed E-state index contributed by atoms with van der Waals surface area (Å²) in [5, 5.41) is 11.2. The topological polar surface area (TPSA) is 121 Å². The molecule has 29 heavy (non-hydrogen) atoms. The highest BCUT2D eigenvalue weighted by Crippen LogP contribution is 2.27.